The number of carbonyl (C=O) groups excluding carboxylic acids is 2. The fourth-order valence-electron chi connectivity index (χ4n) is 2.71. The molecule has 9 nitrogen and oxygen atoms in total. The van der Waals surface area contributed by atoms with Gasteiger partial charge in [0.15, 0.2) is 5.69 Å². The smallest absolute Gasteiger partial charge is 0.324 e. The van der Waals surface area contributed by atoms with Gasteiger partial charge in [-0.25, -0.2) is 4.79 Å². The number of anilines is 2. The first-order valence-corrected chi connectivity index (χ1v) is 10.1. The number of esters is 1. The van der Waals surface area contributed by atoms with Crippen LogP contribution in [0.1, 0.15) is 13.3 Å². The standard InChI is InChI=1S/C21H21N3O6S/c1-4-16(26)30-20-17(14(11-31-20)12-6-5-7-13(10-12)29-3)22-21(28)23-18-15(25)8-9-24(2)19(18)27/h5-11,25H,4H2,1-3H3,(H2,22,23,28). The van der Waals surface area contributed by atoms with Crippen LogP contribution in [0.15, 0.2) is 46.7 Å². The van der Waals surface area contributed by atoms with E-state index in [0.29, 0.717) is 11.3 Å². The lowest BCUT2D eigenvalue weighted by Gasteiger charge is -2.12. The number of hydrogen-bond donors (Lipinski definition) is 3. The van der Waals surface area contributed by atoms with Crippen molar-refractivity contribution in [1.29, 1.82) is 0 Å². The molecule has 162 valence electrons. The molecule has 0 aliphatic heterocycles. The molecule has 1 aromatic carbocycles. The van der Waals surface area contributed by atoms with Gasteiger partial charge >= 0.3 is 12.0 Å². The van der Waals surface area contributed by atoms with E-state index in [1.807, 2.05) is 6.07 Å². The van der Waals surface area contributed by atoms with E-state index in [0.717, 1.165) is 16.9 Å². The Labute approximate surface area is 181 Å². The van der Waals surface area contributed by atoms with E-state index < -0.39 is 17.6 Å². The zero-order chi connectivity index (χ0) is 22.5. The van der Waals surface area contributed by atoms with Crippen LogP contribution >= 0.6 is 11.3 Å². The van der Waals surface area contributed by atoms with Gasteiger partial charge in [0.25, 0.3) is 5.56 Å². The quantitative estimate of drug-likeness (QED) is 0.499. The summed E-state index contributed by atoms with van der Waals surface area (Å²) in [5, 5.41) is 16.9. The number of benzene rings is 1. The largest absolute Gasteiger partial charge is 0.505 e. The van der Waals surface area contributed by atoms with Gasteiger partial charge < -0.3 is 24.5 Å². The van der Waals surface area contributed by atoms with E-state index >= 15 is 0 Å². The summed E-state index contributed by atoms with van der Waals surface area (Å²) in [4.78, 5) is 36.7. The molecule has 10 heteroatoms. The average Bonchev–Trinajstić information content (AvgIpc) is 3.15. The number of aromatic nitrogens is 1. The Balaban J connectivity index is 1.97. The monoisotopic (exact) mass is 443 g/mol. The number of methoxy groups -OCH3 is 1. The maximum atomic E-state index is 12.7. The van der Waals surface area contributed by atoms with Crippen LogP contribution in [0.2, 0.25) is 0 Å². The number of ether oxygens (including phenoxy) is 2. The molecule has 3 N–H and O–H groups in total. The van der Waals surface area contributed by atoms with Gasteiger partial charge in [-0.1, -0.05) is 19.1 Å². The summed E-state index contributed by atoms with van der Waals surface area (Å²) in [7, 11) is 3.04. The average molecular weight is 443 g/mol. The van der Waals surface area contributed by atoms with Crippen molar-refractivity contribution in [2.45, 2.75) is 13.3 Å². The summed E-state index contributed by atoms with van der Waals surface area (Å²) in [5.74, 6) is -0.213. The Morgan fingerprint density at radius 1 is 1.19 bits per heavy atom. The predicted octanol–water partition coefficient (Wildman–Crippen LogP) is 3.79. The van der Waals surface area contributed by atoms with Crippen LogP contribution in [0.4, 0.5) is 16.2 Å². The Morgan fingerprint density at radius 3 is 2.65 bits per heavy atom. The molecular weight excluding hydrogens is 422 g/mol. The Kier molecular flexibility index (Phi) is 6.61. The molecule has 0 spiro atoms. The van der Waals surface area contributed by atoms with E-state index in [1.54, 1.807) is 37.6 Å². The van der Waals surface area contributed by atoms with E-state index in [9.17, 15) is 19.5 Å². The first kappa shape index (κ1) is 21.9. The summed E-state index contributed by atoms with van der Waals surface area (Å²) in [6, 6.07) is 7.67. The fourth-order valence-corrected chi connectivity index (χ4v) is 3.61. The van der Waals surface area contributed by atoms with Gasteiger partial charge in [0, 0.05) is 30.6 Å². The molecule has 2 heterocycles. The van der Waals surface area contributed by atoms with Crippen molar-refractivity contribution < 1.29 is 24.2 Å². The van der Waals surface area contributed by atoms with Crippen molar-refractivity contribution in [3.63, 3.8) is 0 Å². The van der Waals surface area contributed by atoms with Gasteiger partial charge in [-0.05, 0) is 23.8 Å². The molecule has 0 bridgehead atoms. The molecule has 0 aliphatic carbocycles. The highest BCUT2D eigenvalue weighted by atomic mass is 32.1. The number of pyridine rings is 1. The minimum atomic E-state index is -0.782. The van der Waals surface area contributed by atoms with Crippen LogP contribution in [0, 0.1) is 0 Å². The summed E-state index contributed by atoms with van der Waals surface area (Å²) in [6.07, 6.45) is 1.54. The number of urea groups is 1. The molecule has 0 unspecified atom stereocenters. The number of aryl methyl sites for hydroxylation is 1. The molecule has 0 saturated carbocycles. The van der Waals surface area contributed by atoms with E-state index in [-0.39, 0.29) is 28.6 Å². The van der Waals surface area contributed by atoms with Crippen molar-refractivity contribution in [3.8, 4) is 27.7 Å². The third kappa shape index (κ3) is 4.86. The second-order valence-corrected chi connectivity index (χ2v) is 7.28. The zero-order valence-electron chi connectivity index (χ0n) is 17.1. The van der Waals surface area contributed by atoms with Crippen LogP contribution in [0.5, 0.6) is 16.6 Å². The first-order valence-electron chi connectivity index (χ1n) is 9.27. The Hall–Kier alpha value is -3.79. The normalized spacial score (nSPS) is 10.4. The Bertz CT molecular complexity index is 1180. The summed E-state index contributed by atoms with van der Waals surface area (Å²) in [6.45, 7) is 1.66. The number of amides is 2. The van der Waals surface area contributed by atoms with E-state index in [1.165, 1.54) is 23.9 Å². The summed E-state index contributed by atoms with van der Waals surface area (Å²) < 4.78 is 11.8. The minimum absolute atomic E-state index is 0.159. The number of nitrogens with zero attached hydrogens (tertiary/aromatic N) is 1. The fraction of sp³-hybridized carbons (Fsp3) is 0.190. The van der Waals surface area contributed by atoms with Crippen LogP contribution < -0.4 is 25.7 Å². The molecule has 31 heavy (non-hydrogen) atoms. The molecule has 0 fully saturated rings. The number of rotatable bonds is 6. The highest BCUT2D eigenvalue weighted by molar-refractivity contribution is 7.13. The van der Waals surface area contributed by atoms with Crippen LogP contribution in [0.3, 0.4) is 0 Å². The molecule has 0 atom stereocenters. The molecule has 0 radical (unpaired) electrons. The molecule has 3 aromatic rings. The van der Waals surface area contributed by atoms with Crippen LogP contribution in [0.25, 0.3) is 11.1 Å². The van der Waals surface area contributed by atoms with Gasteiger partial charge in [0.05, 0.1) is 7.11 Å². The molecule has 3 rings (SSSR count). The number of hydrogen-bond acceptors (Lipinski definition) is 7. The maximum Gasteiger partial charge on any atom is 0.324 e. The lowest BCUT2D eigenvalue weighted by molar-refractivity contribution is -0.133. The second-order valence-electron chi connectivity index (χ2n) is 6.44. The molecule has 0 saturated heterocycles. The van der Waals surface area contributed by atoms with Gasteiger partial charge in [-0.15, -0.1) is 11.3 Å². The number of aromatic hydroxyl groups is 1. The number of nitrogens with one attached hydrogen (secondary N) is 2. The van der Waals surface area contributed by atoms with Gasteiger partial charge in [0.1, 0.15) is 17.2 Å². The molecule has 2 amide bonds. The van der Waals surface area contributed by atoms with Gasteiger partial charge in [-0.2, -0.15) is 0 Å². The van der Waals surface area contributed by atoms with Crippen molar-refractivity contribution in [1.82, 2.24) is 4.57 Å². The molecular formula is C21H21N3O6S. The zero-order valence-corrected chi connectivity index (χ0v) is 17.9. The predicted molar refractivity (Wildman–Crippen MR) is 118 cm³/mol. The maximum absolute atomic E-state index is 12.7. The van der Waals surface area contributed by atoms with Crippen molar-refractivity contribution in [2.75, 3.05) is 17.7 Å². The summed E-state index contributed by atoms with van der Waals surface area (Å²) >= 11 is 1.14. The van der Waals surface area contributed by atoms with Crippen molar-refractivity contribution in [3.05, 3.63) is 52.3 Å². The first-order chi connectivity index (χ1) is 14.8. The van der Waals surface area contributed by atoms with Gasteiger partial charge in [-0.3, -0.25) is 14.9 Å². The highest BCUT2D eigenvalue weighted by Crippen LogP contribution is 2.43. The molecule has 2 aromatic heterocycles. The van der Waals surface area contributed by atoms with Crippen LogP contribution in [-0.2, 0) is 11.8 Å². The molecule has 0 aliphatic rings. The summed E-state index contributed by atoms with van der Waals surface area (Å²) in [5.41, 5.74) is 0.731. The van der Waals surface area contributed by atoms with Crippen molar-refractivity contribution in [2.24, 2.45) is 7.05 Å². The topological polar surface area (TPSA) is 119 Å². The lowest BCUT2D eigenvalue weighted by Crippen LogP contribution is -2.27. The third-order valence-electron chi connectivity index (χ3n) is 4.36. The highest BCUT2D eigenvalue weighted by Gasteiger charge is 2.21. The SMILES string of the molecule is CCC(=O)Oc1scc(-c2cccc(OC)c2)c1NC(=O)Nc1c(O)ccn(C)c1=O. The van der Waals surface area contributed by atoms with Gasteiger partial charge in [0.2, 0.25) is 5.06 Å². The lowest BCUT2D eigenvalue weighted by atomic mass is 10.1. The Morgan fingerprint density at radius 2 is 1.94 bits per heavy atom. The second kappa shape index (κ2) is 9.35. The third-order valence-corrected chi connectivity index (χ3v) is 5.21. The minimum Gasteiger partial charge on any atom is -0.505 e. The number of carbonyl (C=O) groups is 2. The van der Waals surface area contributed by atoms with E-state index in [2.05, 4.69) is 10.6 Å². The van der Waals surface area contributed by atoms with Crippen molar-refractivity contribution >= 4 is 34.7 Å². The van der Waals surface area contributed by atoms with E-state index in [4.69, 9.17) is 9.47 Å². The van der Waals surface area contributed by atoms with Crippen LogP contribution in [-0.4, -0.2) is 28.8 Å². The number of thiophene rings is 1.